The molecule has 0 bridgehead atoms. The highest BCUT2D eigenvalue weighted by Crippen LogP contribution is 2.31. The number of aryl methyl sites for hydroxylation is 1. The summed E-state index contributed by atoms with van der Waals surface area (Å²) in [6, 6.07) is 5.99. The molecule has 0 saturated heterocycles. The molecule has 1 amide bonds. The molecule has 1 aliphatic rings. The van der Waals surface area contributed by atoms with Crippen LogP contribution in [0.5, 0.6) is 0 Å². The number of carbonyl (C=O) groups excluding carboxylic acids is 1. The number of rotatable bonds is 3. The van der Waals surface area contributed by atoms with Crippen LogP contribution in [-0.4, -0.2) is 12.5 Å². The molecule has 0 aromatic heterocycles. The second-order valence-corrected chi connectivity index (χ2v) is 3.76. The Morgan fingerprint density at radius 1 is 1.40 bits per heavy atom. The predicted molar refractivity (Wildman–Crippen MR) is 60.9 cm³/mol. The molecule has 1 aromatic rings. The topological polar surface area (TPSA) is 41.1 Å². The van der Waals surface area contributed by atoms with Crippen molar-refractivity contribution in [3.8, 4) is 0 Å². The van der Waals surface area contributed by atoms with E-state index < -0.39 is 0 Å². The highest BCUT2D eigenvalue weighted by molar-refractivity contribution is 6.02. The number of fused-ring (bicyclic) bond motifs is 1. The summed E-state index contributed by atoms with van der Waals surface area (Å²) in [6.07, 6.45) is 1.00. The van der Waals surface area contributed by atoms with E-state index in [1.165, 1.54) is 5.56 Å². The van der Waals surface area contributed by atoms with E-state index in [1.807, 2.05) is 13.0 Å². The Balaban J connectivity index is 2.37. The molecule has 1 aromatic carbocycles. The third-order valence-corrected chi connectivity index (χ3v) is 2.76. The number of carbonyl (C=O) groups is 1. The van der Waals surface area contributed by atoms with Crippen LogP contribution in [0.4, 0.5) is 5.69 Å². The summed E-state index contributed by atoms with van der Waals surface area (Å²) in [5.74, 6) is 0.0557. The van der Waals surface area contributed by atoms with Crippen LogP contribution in [0, 0.1) is 0 Å². The van der Waals surface area contributed by atoms with Crippen LogP contribution in [0.1, 0.15) is 31.0 Å². The van der Waals surface area contributed by atoms with Gasteiger partial charge >= 0.3 is 0 Å². The molecule has 15 heavy (non-hydrogen) atoms. The fourth-order valence-corrected chi connectivity index (χ4v) is 1.94. The third-order valence-electron chi connectivity index (χ3n) is 2.76. The van der Waals surface area contributed by atoms with Gasteiger partial charge in [-0.1, -0.05) is 26.0 Å². The van der Waals surface area contributed by atoms with E-state index in [0.29, 0.717) is 0 Å². The van der Waals surface area contributed by atoms with Crippen molar-refractivity contribution in [2.75, 3.05) is 11.9 Å². The number of likely N-dealkylation sites (N-methyl/N-ethyl adjacent to an activating group) is 1. The lowest BCUT2D eigenvalue weighted by molar-refractivity contribution is -0.117. The quantitative estimate of drug-likeness (QED) is 0.789. The first-order chi connectivity index (χ1) is 7.26. The van der Waals surface area contributed by atoms with Gasteiger partial charge in [0, 0.05) is 11.3 Å². The van der Waals surface area contributed by atoms with Crippen molar-refractivity contribution in [2.24, 2.45) is 0 Å². The molecule has 0 spiro atoms. The summed E-state index contributed by atoms with van der Waals surface area (Å²) in [5.41, 5.74) is 3.30. The van der Waals surface area contributed by atoms with Gasteiger partial charge < -0.3 is 10.6 Å². The van der Waals surface area contributed by atoms with Gasteiger partial charge in [0.05, 0.1) is 0 Å². The molecular formula is C12H16N2O. The molecule has 80 valence electrons. The average Bonchev–Trinajstić information content (AvgIpc) is 2.55. The largest absolute Gasteiger partial charge is 0.324 e. The van der Waals surface area contributed by atoms with Gasteiger partial charge in [-0.2, -0.15) is 0 Å². The first-order valence-electron chi connectivity index (χ1n) is 5.43. The van der Waals surface area contributed by atoms with Crippen molar-refractivity contribution in [3.05, 3.63) is 29.3 Å². The standard InChI is InChI=1S/C12H16N2O/c1-3-8-5-6-10-9(7-8)11(13-4-2)12(15)14-10/h5-7,11,13H,3-4H2,1-2H3,(H,14,15). The van der Waals surface area contributed by atoms with Gasteiger partial charge in [0.15, 0.2) is 0 Å². The molecule has 0 saturated carbocycles. The highest BCUT2D eigenvalue weighted by Gasteiger charge is 2.29. The molecule has 0 radical (unpaired) electrons. The van der Waals surface area contributed by atoms with E-state index in [-0.39, 0.29) is 11.9 Å². The summed E-state index contributed by atoms with van der Waals surface area (Å²) < 4.78 is 0. The summed E-state index contributed by atoms with van der Waals surface area (Å²) in [6.45, 7) is 4.93. The Labute approximate surface area is 89.9 Å². The van der Waals surface area contributed by atoms with Crippen molar-refractivity contribution in [1.82, 2.24) is 5.32 Å². The number of benzene rings is 1. The Kier molecular flexibility index (Phi) is 2.73. The van der Waals surface area contributed by atoms with Crippen molar-refractivity contribution in [1.29, 1.82) is 0 Å². The number of nitrogens with one attached hydrogen (secondary N) is 2. The summed E-state index contributed by atoms with van der Waals surface area (Å²) in [5, 5.41) is 6.07. The number of anilines is 1. The molecule has 3 nitrogen and oxygen atoms in total. The monoisotopic (exact) mass is 204 g/mol. The van der Waals surface area contributed by atoms with Gasteiger partial charge in [0.2, 0.25) is 5.91 Å². The maximum atomic E-state index is 11.6. The minimum atomic E-state index is -0.170. The summed E-state index contributed by atoms with van der Waals surface area (Å²) in [7, 11) is 0. The van der Waals surface area contributed by atoms with Gasteiger partial charge in [-0.05, 0) is 24.6 Å². The number of hydrogen-bond acceptors (Lipinski definition) is 2. The van der Waals surface area contributed by atoms with Crippen LogP contribution in [0.2, 0.25) is 0 Å². The van der Waals surface area contributed by atoms with E-state index in [1.54, 1.807) is 0 Å². The van der Waals surface area contributed by atoms with E-state index in [4.69, 9.17) is 0 Å². The van der Waals surface area contributed by atoms with Crippen molar-refractivity contribution in [3.63, 3.8) is 0 Å². The minimum absolute atomic E-state index is 0.0557. The van der Waals surface area contributed by atoms with E-state index in [2.05, 4.69) is 29.7 Å². The van der Waals surface area contributed by atoms with Crippen LogP contribution in [-0.2, 0) is 11.2 Å². The zero-order valence-electron chi connectivity index (χ0n) is 9.13. The predicted octanol–water partition coefficient (Wildman–Crippen LogP) is 1.85. The van der Waals surface area contributed by atoms with Crippen LogP contribution in [0.15, 0.2) is 18.2 Å². The fraction of sp³-hybridized carbons (Fsp3) is 0.417. The van der Waals surface area contributed by atoms with Gasteiger partial charge in [-0.15, -0.1) is 0 Å². The Bertz CT molecular complexity index is 387. The Morgan fingerprint density at radius 2 is 2.20 bits per heavy atom. The molecule has 1 aliphatic heterocycles. The molecular weight excluding hydrogens is 188 g/mol. The van der Waals surface area contributed by atoms with Crippen molar-refractivity contribution >= 4 is 11.6 Å². The van der Waals surface area contributed by atoms with Gasteiger partial charge in [0.25, 0.3) is 0 Å². The van der Waals surface area contributed by atoms with Crippen LogP contribution >= 0.6 is 0 Å². The smallest absolute Gasteiger partial charge is 0.246 e. The molecule has 1 heterocycles. The molecule has 1 unspecified atom stereocenters. The molecule has 2 N–H and O–H groups in total. The molecule has 2 rings (SSSR count). The lowest BCUT2D eigenvalue weighted by Gasteiger charge is -2.09. The Hall–Kier alpha value is -1.35. The normalized spacial score (nSPS) is 18.8. The van der Waals surface area contributed by atoms with E-state index in [0.717, 1.165) is 24.2 Å². The lowest BCUT2D eigenvalue weighted by atomic mass is 10.0. The van der Waals surface area contributed by atoms with Gasteiger partial charge in [-0.3, -0.25) is 4.79 Å². The van der Waals surface area contributed by atoms with Gasteiger partial charge in [-0.25, -0.2) is 0 Å². The number of amides is 1. The zero-order valence-corrected chi connectivity index (χ0v) is 9.13. The summed E-state index contributed by atoms with van der Waals surface area (Å²) in [4.78, 5) is 11.6. The zero-order chi connectivity index (χ0) is 10.8. The second-order valence-electron chi connectivity index (χ2n) is 3.76. The van der Waals surface area contributed by atoms with Crippen molar-refractivity contribution < 1.29 is 4.79 Å². The molecule has 0 aliphatic carbocycles. The number of hydrogen-bond donors (Lipinski definition) is 2. The summed E-state index contributed by atoms with van der Waals surface area (Å²) >= 11 is 0. The Morgan fingerprint density at radius 3 is 2.87 bits per heavy atom. The maximum Gasteiger partial charge on any atom is 0.246 e. The third kappa shape index (κ3) is 1.75. The van der Waals surface area contributed by atoms with Crippen LogP contribution in [0.25, 0.3) is 0 Å². The lowest BCUT2D eigenvalue weighted by Crippen LogP contribution is -2.27. The minimum Gasteiger partial charge on any atom is -0.324 e. The van der Waals surface area contributed by atoms with Gasteiger partial charge in [0.1, 0.15) is 6.04 Å². The first kappa shape index (κ1) is 10.2. The highest BCUT2D eigenvalue weighted by atomic mass is 16.2. The van der Waals surface area contributed by atoms with Crippen LogP contribution in [0.3, 0.4) is 0 Å². The average molecular weight is 204 g/mol. The van der Waals surface area contributed by atoms with E-state index in [9.17, 15) is 4.79 Å². The fourth-order valence-electron chi connectivity index (χ4n) is 1.94. The first-order valence-corrected chi connectivity index (χ1v) is 5.43. The van der Waals surface area contributed by atoms with E-state index >= 15 is 0 Å². The maximum absolute atomic E-state index is 11.6. The SMILES string of the molecule is CCNC1C(=O)Nc2ccc(CC)cc21. The second kappa shape index (κ2) is 4.03. The molecule has 3 heteroatoms. The van der Waals surface area contributed by atoms with Crippen molar-refractivity contribution in [2.45, 2.75) is 26.3 Å². The molecule has 1 atom stereocenters. The molecule has 0 fully saturated rings. The van der Waals surface area contributed by atoms with Crippen LogP contribution < -0.4 is 10.6 Å².